The van der Waals surface area contributed by atoms with E-state index in [9.17, 15) is 0 Å². The Labute approximate surface area is 119 Å². The fourth-order valence-corrected chi connectivity index (χ4v) is 2.27. The highest BCUT2D eigenvalue weighted by atomic mass is 35.5. The third kappa shape index (κ3) is 4.06. The molecule has 2 nitrogen and oxygen atoms in total. The highest BCUT2D eigenvalue weighted by Crippen LogP contribution is 2.24. The van der Waals surface area contributed by atoms with E-state index in [-0.39, 0.29) is 5.92 Å². The molecule has 0 aliphatic heterocycles. The molecule has 0 fully saturated rings. The molecule has 0 aliphatic rings. The molecule has 2 N–H and O–H groups in total. The van der Waals surface area contributed by atoms with Crippen molar-refractivity contribution in [3.05, 3.63) is 70.7 Å². The maximum absolute atomic E-state index is 6.18. The molecule has 0 heterocycles. The second-order valence-electron chi connectivity index (χ2n) is 4.45. The molecule has 2 rings (SSSR count). The van der Waals surface area contributed by atoms with Gasteiger partial charge in [-0.2, -0.15) is 0 Å². The molecule has 0 amide bonds. The summed E-state index contributed by atoms with van der Waals surface area (Å²) in [6.45, 7) is 1.70. The van der Waals surface area contributed by atoms with Gasteiger partial charge in [-0.15, -0.1) is 0 Å². The van der Waals surface area contributed by atoms with Gasteiger partial charge in [-0.3, -0.25) is 0 Å². The average Bonchev–Trinajstić information content (AvgIpc) is 2.46. The summed E-state index contributed by atoms with van der Waals surface area (Å²) in [5.41, 5.74) is 8.03. The predicted molar refractivity (Wildman–Crippen MR) is 79.3 cm³/mol. The summed E-state index contributed by atoms with van der Waals surface area (Å²) in [4.78, 5) is 0. The molecule has 0 spiro atoms. The summed E-state index contributed by atoms with van der Waals surface area (Å²) >= 11 is 6.18. The molecule has 1 unspecified atom stereocenters. The van der Waals surface area contributed by atoms with Gasteiger partial charge in [0.1, 0.15) is 0 Å². The van der Waals surface area contributed by atoms with Crippen molar-refractivity contribution in [1.82, 2.24) is 0 Å². The van der Waals surface area contributed by atoms with E-state index in [1.807, 2.05) is 54.6 Å². The van der Waals surface area contributed by atoms with Crippen LogP contribution in [-0.2, 0) is 11.3 Å². The Morgan fingerprint density at radius 3 is 2.37 bits per heavy atom. The first-order chi connectivity index (χ1) is 9.31. The maximum atomic E-state index is 6.18. The van der Waals surface area contributed by atoms with Gasteiger partial charge in [-0.1, -0.05) is 60.1 Å². The molecule has 2 aromatic rings. The molecule has 19 heavy (non-hydrogen) atoms. The standard InChI is InChI=1S/C16H18ClNO/c17-16-9-5-4-8-15(16)14(10-18)12-19-11-13-6-2-1-3-7-13/h1-9,14H,10-12,18H2. The number of rotatable bonds is 6. The lowest BCUT2D eigenvalue weighted by molar-refractivity contribution is 0.108. The SMILES string of the molecule is NCC(COCc1ccccc1)c1ccccc1Cl. The average molecular weight is 276 g/mol. The van der Waals surface area contributed by atoms with Crippen LogP contribution >= 0.6 is 11.6 Å². The van der Waals surface area contributed by atoms with Gasteiger partial charge < -0.3 is 10.5 Å². The van der Waals surface area contributed by atoms with Crippen LogP contribution < -0.4 is 5.73 Å². The van der Waals surface area contributed by atoms with Crippen LogP contribution in [0.25, 0.3) is 0 Å². The van der Waals surface area contributed by atoms with Gasteiger partial charge in [0, 0.05) is 17.5 Å². The van der Waals surface area contributed by atoms with E-state index in [2.05, 4.69) is 0 Å². The van der Waals surface area contributed by atoms with Crippen LogP contribution in [0.3, 0.4) is 0 Å². The zero-order chi connectivity index (χ0) is 13.5. The Bertz CT molecular complexity index is 501. The fraction of sp³-hybridized carbons (Fsp3) is 0.250. The lowest BCUT2D eigenvalue weighted by atomic mass is 10.0. The molecule has 0 saturated heterocycles. The summed E-state index contributed by atoms with van der Waals surface area (Å²) in [5.74, 6) is 0.136. The van der Waals surface area contributed by atoms with Crippen molar-refractivity contribution in [2.75, 3.05) is 13.2 Å². The topological polar surface area (TPSA) is 35.2 Å². The smallest absolute Gasteiger partial charge is 0.0717 e. The van der Waals surface area contributed by atoms with Crippen molar-refractivity contribution >= 4 is 11.6 Å². The Morgan fingerprint density at radius 1 is 1.00 bits per heavy atom. The van der Waals surface area contributed by atoms with Crippen LogP contribution in [0, 0.1) is 0 Å². The van der Waals surface area contributed by atoms with Crippen molar-refractivity contribution in [1.29, 1.82) is 0 Å². The Kier molecular flexibility index (Phi) is 5.40. The maximum Gasteiger partial charge on any atom is 0.0717 e. The number of hydrogen-bond acceptors (Lipinski definition) is 2. The van der Waals surface area contributed by atoms with Gasteiger partial charge >= 0.3 is 0 Å². The molecule has 0 saturated carbocycles. The van der Waals surface area contributed by atoms with Crippen LogP contribution in [0.15, 0.2) is 54.6 Å². The third-order valence-electron chi connectivity index (χ3n) is 3.06. The van der Waals surface area contributed by atoms with Gasteiger partial charge in [-0.25, -0.2) is 0 Å². The second kappa shape index (κ2) is 7.29. The molecule has 0 aromatic heterocycles. The van der Waals surface area contributed by atoms with Crippen LogP contribution in [0.4, 0.5) is 0 Å². The molecule has 0 radical (unpaired) electrons. The largest absolute Gasteiger partial charge is 0.376 e. The number of hydrogen-bond donors (Lipinski definition) is 1. The molecule has 1 atom stereocenters. The Balaban J connectivity index is 1.92. The highest BCUT2D eigenvalue weighted by molar-refractivity contribution is 6.31. The van der Waals surface area contributed by atoms with Crippen LogP contribution in [0.1, 0.15) is 17.0 Å². The number of benzene rings is 2. The fourth-order valence-electron chi connectivity index (χ4n) is 1.98. The van der Waals surface area contributed by atoms with Crippen LogP contribution in [0.5, 0.6) is 0 Å². The first kappa shape index (κ1) is 14.1. The zero-order valence-corrected chi connectivity index (χ0v) is 11.5. The molecule has 2 aromatic carbocycles. The number of ether oxygens (including phenoxy) is 1. The van der Waals surface area contributed by atoms with Gasteiger partial charge in [0.15, 0.2) is 0 Å². The second-order valence-corrected chi connectivity index (χ2v) is 4.86. The van der Waals surface area contributed by atoms with Crippen LogP contribution in [-0.4, -0.2) is 13.2 Å². The van der Waals surface area contributed by atoms with Crippen LogP contribution in [0.2, 0.25) is 5.02 Å². The summed E-state index contributed by atoms with van der Waals surface area (Å²) in [6.07, 6.45) is 0. The first-order valence-electron chi connectivity index (χ1n) is 6.37. The van der Waals surface area contributed by atoms with E-state index in [4.69, 9.17) is 22.1 Å². The van der Waals surface area contributed by atoms with Gasteiger partial charge in [0.25, 0.3) is 0 Å². The van der Waals surface area contributed by atoms with Crippen molar-refractivity contribution in [3.63, 3.8) is 0 Å². The van der Waals surface area contributed by atoms with Crippen molar-refractivity contribution in [2.24, 2.45) is 5.73 Å². The molecule has 0 aliphatic carbocycles. The predicted octanol–water partition coefficient (Wildman–Crippen LogP) is 3.60. The van der Waals surface area contributed by atoms with Gasteiger partial charge in [-0.05, 0) is 17.2 Å². The monoisotopic (exact) mass is 275 g/mol. The molecule has 100 valence electrons. The first-order valence-corrected chi connectivity index (χ1v) is 6.75. The minimum absolute atomic E-state index is 0.136. The Morgan fingerprint density at radius 2 is 1.68 bits per heavy atom. The molecule has 0 bridgehead atoms. The summed E-state index contributed by atoms with van der Waals surface area (Å²) < 4.78 is 5.74. The quantitative estimate of drug-likeness (QED) is 0.874. The van der Waals surface area contributed by atoms with E-state index in [1.165, 1.54) is 0 Å². The van der Waals surface area contributed by atoms with E-state index < -0.39 is 0 Å². The normalized spacial score (nSPS) is 12.3. The van der Waals surface area contributed by atoms with E-state index in [1.54, 1.807) is 0 Å². The van der Waals surface area contributed by atoms with Crippen molar-refractivity contribution < 1.29 is 4.74 Å². The minimum Gasteiger partial charge on any atom is -0.376 e. The lowest BCUT2D eigenvalue weighted by Crippen LogP contribution is -2.18. The van der Waals surface area contributed by atoms with E-state index in [0.29, 0.717) is 19.8 Å². The number of halogens is 1. The molecule has 3 heteroatoms. The Hall–Kier alpha value is -1.35. The van der Waals surface area contributed by atoms with Crippen molar-refractivity contribution in [2.45, 2.75) is 12.5 Å². The summed E-state index contributed by atoms with van der Waals surface area (Å²) in [6, 6.07) is 17.9. The molecular weight excluding hydrogens is 258 g/mol. The lowest BCUT2D eigenvalue weighted by Gasteiger charge is -2.16. The summed E-state index contributed by atoms with van der Waals surface area (Å²) in [7, 11) is 0. The van der Waals surface area contributed by atoms with Gasteiger partial charge in [0.05, 0.1) is 13.2 Å². The minimum atomic E-state index is 0.136. The highest BCUT2D eigenvalue weighted by Gasteiger charge is 2.12. The number of nitrogens with two attached hydrogens (primary N) is 1. The zero-order valence-electron chi connectivity index (χ0n) is 10.8. The van der Waals surface area contributed by atoms with E-state index in [0.717, 1.165) is 16.1 Å². The molecular formula is C16H18ClNO. The van der Waals surface area contributed by atoms with E-state index >= 15 is 0 Å². The third-order valence-corrected chi connectivity index (χ3v) is 3.40. The van der Waals surface area contributed by atoms with Gasteiger partial charge in [0.2, 0.25) is 0 Å². The van der Waals surface area contributed by atoms with Crippen molar-refractivity contribution in [3.8, 4) is 0 Å². The summed E-state index contributed by atoms with van der Waals surface area (Å²) in [5, 5.41) is 0.751.